The molecule has 8 heavy (non-hydrogen) atoms. The van der Waals surface area contributed by atoms with E-state index in [1.165, 1.54) is 6.92 Å². The average Bonchev–Trinajstić information content (AvgIpc) is 1.64. The largest absolute Gasteiger partial charge is 0.479 e. The van der Waals surface area contributed by atoms with Gasteiger partial charge in [-0.2, -0.15) is 0 Å². The number of rotatable bonds is 2. The number of hydrogen-bond acceptors (Lipinski definition) is 2. The molecule has 0 radical (unpaired) electrons. The molecule has 48 valence electrons. The minimum Gasteiger partial charge on any atom is -0.479 e. The first kappa shape index (κ1) is 7.36. The molecule has 0 bridgehead atoms. The van der Waals surface area contributed by atoms with Crippen LogP contribution in [0.2, 0.25) is 0 Å². The van der Waals surface area contributed by atoms with E-state index in [-0.39, 0.29) is 0 Å². The molecule has 0 aromatic heterocycles. The van der Waals surface area contributed by atoms with Crippen LogP contribution in [0.1, 0.15) is 6.92 Å². The number of carboxylic acid groups (broad SMARTS) is 1. The smallest absolute Gasteiger partial charge is 0.339 e. The highest BCUT2D eigenvalue weighted by atomic mass is 19.1. The minimum absolute atomic E-state index is 0.924. The van der Waals surface area contributed by atoms with Gasteiger partial charge in [0.1, 0.15) is 0 Å². The van der Waals surface area contributed by atoms with Gasteiger partial charge >= 0.3 is 5.97 Å². The zero-order valence-electron chi connectivity index (χ0n) is 4.47. The number of alkyl halides is 1. The molecule has 0 fully saturated rings. The summed E-state index contributed by atoms with van der Waals surface area (Å²) in [6, 6.07) is -0.924. The van der Waals surface area contributed by atoms with E-state index in [4.69, 9.17) is 10.8 Å². The van der Waals surface area contributed by atoms with Crippen molar-refractivity contribution in [2.45, 2.75) is 19.1 Å². The fourth-order valence-electron chi connectivity index (χ4n) is 0.225. The van der Waals surface area contributed by atoms with Gasteiger partial charge < -0.3 is 10.8 Å². The van der Waals surface area contributed by atoms with Crippen LogP contribution < -0.4 is 5.73 Å². The molecule has 0 saturated carbocycles. The molecule has 0 amide bonds. The molecule has 0 aliphatic heterocycles. The molecule has 0 aromatic rings. The Morgan fingerprint density at radius 3 is 2.25 bits per heavy atom. The van der Waals surface area contributed by atoms with E-state index in [0.29, 0.717) is 0 Å². The van der Waals surface area contributed by atoms with E-state index in [9.17, 15) is 9.18 Å². The zero-order valence-corrected chi connectivity index (χ0v) is 4.47. The lowest BCUT2D eigenvalue weighted by atomic mass is 10.2. The summed E-state index contributed by atoms with van der Waals surface area (Å²) in [4.78, 5) is 9.69. The molecule has 0 heterocycles. The summed E-state index contributed by atoms with van der Waals surface area (Å²) in [5, 5.41) is 7.90. The van der Waals surface area contributed by atoms with Gasteiger partial charge in [0.05, 0.1) is 0 Å². The predicted molar refractivity (Wildman–Crippen MR) is 26.2 cm³/mol. The molecule has 3 nitrogen and oxygen atoms in total. The van der Waals surface area contributed by atoms with Gasteiger partial charge in [0.15, 0.2) is 0 Å². The van der Waals surface area contributed by atoms with Gasteiger partial charge in [-0.15, -0.1) is 0 Å². The predicted octanol–water partition coefficient (Wildman–Crippen LogP) is -0.244. The lowest BCUT2D eigenvalue weighted by Crippen LogP contribution is -2.34. The topological polar surface area (TPSA) is 63.3 Å². The van der Waals surface area contributed by atoms with Crippen molar-refractivity contribution in [1.82, 2.24) is 0 Å². The van der Waals surface area contributed by atoms with Gasteiger partial charge in [-0.1, -0.05) is 0 Å². The van der Waals surface area contributed by atoms with Gasteiger partial charge in [-0.3, -0.25) is 0 Å². The molecule has 4 heteroatoms. The second-order valence-corrected chi connectivity index (χ2v) is 1.60. The highest BCUT2D eigenvalue weighted by Gasteiger charge is 2.19. The summed E-state index contributed by atoms with van der Waals surface area (Å²) in [7, 11) is 0. The lowest BCUT2D eigenvalue weighted by Gasteiger charge is -2.04. The molecule has 0 aliphatic rings. The lowest BCUT2D eigenvalue weighted by molar-refractivity contribution is -0.143. The van der Waals surface area contributed by atoms with Crippen molar-refractivity contribution in [1.29, 1.82) is 0 Å². The number of aliphatic carboxylic acids is 1. The Kier molecular flexibility index (Phi) is 2.41. The SMILES string of the molecule is CC(N)C(F)C(=O)O. The van der Waals surface area contributed by atoms with E-state index >= 15 is 0 Å². The van der Waals surface area contributed by atoms with Crippen molar-refractivity contribution in [3.63, 3.8) is 0 Å². The maximum absolute atomic E-state index is 11.9. The normalized spacial score (nSPS) is 17.4. The van der Waals surface area contributed by atoms with E-state index < -0.39 is 18.2 Å². The second-order valence-electron chi connectivity index (χ2n) is 1.60. The van der Waals surface area contributed by atoms with Crippen molar-refractivity contribution in [2.24, 2.45) is 5.73 Å². The number of carboxylic acids is 1. The summed E-state index contributed by atoms with van der Waals surface area (Å²) >= 11 is 0. The Bertz CT molecular complexity index is 94.0. The molecule has 0 aliphatic carbocycles. The van der Waals surface area contributed by atoms with E-state index in [0.717, 1.165) is 0 Å². The van der Waals surface area contributed by atoms with E-state index in [2.05, 4.69) is 0 Å². The van der Waals surface area contributed by atoms with Gasteiger partial charge in [0, 0.05) is 6.04 Å². The first-order chi connectivity index (χ1) is 3.55. The number of nitrogens with two attached hydrogens (primary N) is 1. The highest BCUT2D eigenvalue weighted by Crippen LogP contribution is 1.93. The average molecular weight is 121 g/mol. The molecule has 2 unspecified atom stereocenters. The molecule has 2 atom stereocenters. The first-order valence-electron chi connectivity index (χ1n) is 2.18. The number of halogens is 1. The van der Waals surface area contributed by atoms with Crippen LogP contribution in [0.4, 0.5) is 4.39 Å². The van der Waals surface area contributed by atoms with Crippen molar-refractivity contribution >= 4 is 5.97 Å². The summed E-state index contributed by atoms with van der Waals surface area (Å²) in [5.74, 6) is -1.50. The van der Waals surface area contributed by atoms with Crippen LogP contribution >= 0.6 is 0 Å². The van der Waals surface area contributed by atoms with Crippen LogP contribution in [0.15, 0.2) is 0 Å². The van der Waals surface area contributed by atoms with Crippen LogP contribution in [0, 0.1) is 0 Å². The van der Waals surface area contributed by atoms with Crippen molar-refractivity contribution in [2.75, 3.05) is 0 Å². The molecule has 0 aromatic carbocycles. The third-order valence-corrected chi connectivity index (χ3v) is 0.698. The monoisotopic (exact) mass is 121 g/mol. The summed E-state index contributed by atoms with van der Waals surface area (Å²) < 4.78 is 11.9. The van der Waals surface area contributed by atoms with Gasteiger partial charge in [-0.25, -0.2) is 9.18 Å². The van der Waals surface area contributed by atoms with Crippen molar-refractivity contribution < 1.29 is 14.3 Å². The first-order valence-corrected chi connectivity index (χ1v) is 2.18. The summed E-state index contributed by atoms with van der Waals surface area (Å²) in [6.07, 6.45) is -1.94. The molecular weight excluding hydrogens is 113 g/mol. The quantitative estimate of drug-likeness (QED) is 0.529. The van der Waals surface area contributed by atoms with Crippen LogP contribution in [0.3, 0.4) is 0 Å². The number of hydrogen-bond donors (Lipinski definition) is 2. The molecule has 0 spiro atoms. The molecule has 0 rings (SSSR count). The summed E-state index contributed by atoms with van der Waals surface area (Å²) in [6.45, 7) is 1.30. The molecule has 3 N–H and O–H groups in total. The maximum Gasteiger partial charge on any atom is 0.339 e. The zero-order chi connectivity index (χ0) is 6.73. The Morgan fingerprint density at radius 2 is 2.25 bits per heavy atom. The highest BCUT2D eigenvalue weighted by molar-refractivity contribution is 5.72. The fraction of sp³-hybridized carbons (Fsp3) is 0.750. The third-order valence-electron chi connectivity index (χ3n) is 0.698. The van der Waals surface area contributed by atoms with Crippen LogP contribution in [0.5, 0.6) is 0 Å². The maximum atomic E-state index is 11.9. The fourth-order valence-corrected chi connectivity index (χ4v) is 0.225. The van der Waals surface area contributed by atoms with Gasteiger partial charge in [0.2, 0.25) is 6.17 Å². The Morgan fingerprint density at radius 1 is 1.88 bits per heavy atom. The van der Waals surface area contributed by atoms with E-state index in [1.54, 1.807) is 0 Å². The molecular formula is C4H8FNO2. The van der Waals surface area contributed by atoms with E-state index in [1.807, 2.05) is 0 Å². The molecule has 0 saturated heterocycles. The Balaban J connectivity index is 3.64. The second kappa shape index (κ2) is 2.61. The van der Waals surface area contributed by atoms with Gasteiger partial charge in [-0.05, 0) is 6.92 Å². The van der Waals surface area contributed by atoms with Crippen molar-refractivity contribution in [3.8, 4) is 0 Å². The van der Waals surface area contributed by atoms with Crippen molar-refractivity contribution in [3.05, 3.63) is 0 Å². The van der Waals surface area contributed by atoms with Crippen LogP contribution in [0.25, 0.3) is 0 Å². The Labute approximate surface area is 46.3 Å². The third kappa shape index (κ3) is 1.88. The minimum atomic E-state index is -1.94. The van der Waals surface area contributed by atoms with Gasteiger partial charge in [0.25, 0.3) is 0 Å². The Hall–Kier alpha value is -0.640. The number of carbonyl (C=O) groups is 1. The summed E-state index contributed by atoms with van der Waals surface area (Å²) in [5.41, 5.74) is 4.88. The van der Waals surface area contributed by atoms with Crippen LogP contribution in [-0.4, -0.2) is 23.3 Å². The standard InChI is InChI=1S/C4H8FNO2/c1-2(6)3(5)4(7)8/h2-3H,6H2,1H3,(H,7,8). The van der Waals surface area contributed by atoms with Crippen LogP contribution in [-0.2, 0) is 4.79 Å².